The highest BCUT2D eigenvalue weighted by Crippen LogP contribution is 2.48. The van der Waals surface area contributed by atoms with Crippen LogP contribution in [0.25, 0.3) is 103 Å². The Balaban J connectivity index is 1.09. The number of pyridine rings is 1. The number of nitrogens with zero attached hydrogens (tertiary/aromatic N) is 4. The second-order valence-electron chi connectivity index (χ2n) is 13.2. The van der Waals surface area contributed by atoms with Crippen LogP contribution in [0.3, 0.4) is 0 Å². The van der Waals surface area contributed by atoms with Crippen LogP contribution in [0.1, 0.15) is 0 Å². The molecule has 0 aliphatic heterocycles. The fourth-order valence-corrected chi connectivity index (χ4v) is 9.18. The largest absolute Gasteiger partial charge is 0.309 e. The van der Waals surface area contributed by atoms with Gasteiger partial charge in [0.15, 0.2) is 5.82 Å². The lowest BCUT2D eigenvalue weighted by Gasteiger charge is -2.12. The molecule has 0 aliphatic rings. The number of hydrogen-bond donors (Lipinski definition) is 0. The molecule has 0 saturated carbocycles. The molecule has 0 spiro atoms. The molecule has 4 aromatic heterocycles. The summed E-state index contributed by atoms with van der Waals surface area (Å²) in [5, 5.41) is 7.77. The zero-order chi connectivity index (χ0) is 34.2. The van der Waals surface area contributed by atoms with E-state index in [1.54, 1.807) is 0 Å². The molecule has 0 N–H and O–H groups in total. The van der Waals surface area contributed by atoms with E-state index in [4.69, 9.17) is 15.0 Å². The molecular weight excluding hydrogens is 653 g/mol. The molecule has 5 heteroatoms. The van der Waals surface area contributed by atoms with Crippen LogP contribution in [-0.2, 0) is 0 Å². The van der Waals surface area contributed by atoms with Gasteiger partial charge in [-0.25, -0.2) is 9.97 Å². The van der Waals surface area contributed by atoms with Crippen molar-refractivity contribution in [1.29, 1.82) is 0 Å². The average Bonchev–Trinajstić information content (AvgIpc) is 3.78. The van der Waals surface area contributed by atoms with Gasteiger partial charge in [-0.2, -0.15) is 0 Å². The first-order chi connectivity index (χ1) is 25.8. The highest BCUT2D eigenvalue weighted by molar-refractivity contribution is 7.27. The van der Waals surface area contributed by atoms with Gasteiger partial charge in [-0.1, -0.05) is 115 Å². The molecule has 0 amide bonds. The summed E-state index contributed by atoms with van der Waals surface area (Å²) in [6, 6.07) is 58.1. The number of thiophene rings is 1. The van der Waals surface area contributed by atoms with Gasteiger partial charge in [0.25, 0.3) is 0 Å². The van der Waals surface area contributed by atoms with Crippen LogP contribution in [0.4, 0.5) is 0 Å². The van der Waals surface area contributed by atoms with Crippen molar-refractivity contribution in [3.63, 3.8) is 0 Å². The van der Waals surface area contributed by atoms with Crippen molar-refractivity contribution in [2.45, 2.75) is 0 Å². The number of rotatable bonds is 4. The van der Waals surface area contributed by atoms with Gasteiger partial charge in [-0.3, -0.25) is 4.98 Å². The fourth-order valence-electron chi connectivity index (χ4n) is 7.90. The number of fused-ring (bicyclic) bond motifs is 11. The molecule has 52 heavy (non-hydrogen) atoms. The number of hydrogen-bond acceptors (Lipinski definition) is 4. The van der Waals surface area contributed by atoms with Gasteiger partial charge in [0.05, 0.1) is 16.6 Å². The molecule has 0 saturated heterocycles. The first-order valence-corrected chi connectivity index (χ1v) is 18.3. The summed E-state index contributed by atoms with van der Waals surface area (Å²) >= 11 is 1.89. The Labute approximate surface area is 302 Å². The van der Waals surface area contributed by atoms with Gasteiger partial charge in [-0.15, -0.1) is 11.3 Å². The van der Waals surface area contributed by atoms with E-state index in [2.05, 4.69) is 150 Å². The van der Waals surface area contributed by atoms with E-state index in [1.807, 2.05) is 35.7 Å². The summed E-state index contributed by atoms with van der Waals surface area (Å²) in [4.78, 5) is 14.9. The molecule has 11 rings (SSSR count). The summed E-state index contributed by atoms with van der Waals surface area (Å²) in [6.45, 7) is 0. The molecule has 11 aromatic rings. The van der Waals surface area contributed by atoms with E-state index < -0.39 is 0 Å². The van der Waals surface area contributed by atoms with Gasteiger partial charge >= 0.3 is 0 Å². The summed E-state index contributed by atoms with van der Waals surface area (Å²) in [5.74, 6) is 0.675. The van der Waals surface area contributed by atoms with Crippen molar-refractivity contribution in [2.75, 3.05) is 0 Å². The van der Waals surface area contributed by atoms with Crippen LogP contribution >= 0.6 is 11.3 Å². The van der Waals surface area contributed by atoms with Gasteiger partial charge in [-0.05, 0) is 65.0 Å². The minimum atomic E-state index is 0.675. The molecule has 0 atom stereocenters. The summed E-state index contributed by atoms with van der Waals surface area (Å²) in [7, 11) is 0. The van der Waals surface area contributed by atoms with Gasteiger partial charge < -0.3 is 4.57 Å². The van der Waals surface area contributed by atoms with Crippen LogP contribution in [0.2, 0.25) is 0 Å². The van der Waals surface area contributed by atoms with Gasteiger partial charge in [0, 0.05) is 59.3 Å². The minimum absolute atomic E-state index is 0.675. The Morgan fingerprint density at radius 3 is 1.94 bits per heavy atom. The van der Waals surface area contributed by atoms with Crippen molar-refractivity contribution >= 4 is 75.1 Å². The number of aromatic nitrogens is 4. The summed E-state index contributed by atoms with van der Waals surface area (Å²) < 4.78 is 5.09. The van der Waals surface area contributed by atoms with Crippen molar-refractivity contribution in [3.8, 4) is 39.5 Å². The lowest BCUT2D eigenvalue weighted by Crippen LogP contribution is -1.98. The first kappa shape index (κ1) is 29.1. The molecule has 7 aromatic carbocycles. The summed E-state index contributed by atoms with van der Waals surface area (Å²) in [6.07, 6.45) is 1.81. The van der Waals surface area contributed by atoms with E-state index in [9.17, 15) is 0 Å². The normalized spacial score (nSPS) is 11.8. The predicted molar refractivity (Wildman–Crippen MR) is 218 cm³/mol. The monoisotopic (exact) mass is 680 g/mol. The second-order valence-corrected chi connectivity index (χ2v) is 14.2. The van der Waals surface area contributed by atoms with Gasteiger partial charge in [0.1, 0.15) is 11.2 Å². The predicted octanol–water partition coefficient (Wildman–Crippen LogP) is 12.6. The summed E-state index contributed by atoms with van der Waals surface area (Å²) in [5.41, 5.74) is 10.3. The smallest absolute Gasteiger partial charge is 0.160 e. The van der Waals surface area contributed by atoms with E-state index in [-0.39, 0.29) is 0 Å². The Hall–Kier alpha value is -6.69. The Kier molecular flexibility index (Phi) is 6.39. The van der Waals surface area contributed by atoms with Crippen molar-refractivity contribution < 1.29 is 0 Å². The Bertz CT molecular complexity index is 3160. The van der Waals surface area contributed by atoms with Crippen molar-refractivity contribution in [2.24, 2.45) is 0 Å². The topological polar surface area (TPSA) is 43.6 Å². The van der Waals surface area contributed by atoms with Crippen LogP contribution in [-0.4, -0.2) is 19.5 Å². The number of benzene rings is 7. The van der Waals surface area contributed by atoms with Crippen molar-refractivity contribution in [1.82, 2.24) is 19.5 Å². The van der Waals surface area contributed by atoms with E-state index in [0.29, 0.717) is 5.82 Å². The van der Waals surface area contributed by atoms with Crippen molar-refractivity contribution in [3.05, 3.63) is 170 Å². The minimum Gasteiger partial charge on any atom is -0.309 e. The highest BCUT2D eigenvalue weighted by atomic mass is 32.1. The quantitative estimate of drug-likeness (QED) is 0.186. The number of para-hydroxylation sites is 1. The van der Waals surface area contributed by atoms with E-state index in [1.165, 1.54) is 58.3 Å². The molecule has 0 unspecified atom stereocenters. The van der Waals surface area contributed by atoms with Crippen LogP contribution in [0, 0.1) is 0 Å². The second kappa shape index (κ2) is 11.4. The zero-order valence-corrected chi connectivity index (χ0v) is 28.7. The van der Waals surface area contributed by atoms with Crippen LogP contribution in [0.15, 0.2) is 170 Å². The third kappa shape index (κ3) is 4.36. The fraction of sp³-hybridized carbons (Fsp3) is 0. The molecule has 0 fully saturated rings. The third-order valence-corrected chi connectivity index (χ3v) is 11.4. The Morgan fingerprint density at radius 2 is 1.12 bits per heavy atom. The molecule has 0 aliphatic carbocycles. The van der Waals surface area contributed by atoms with E-state index >= 15 is 0 Å². The Morgan fingerprint density at radius 1 is 0.462 bits per heavy atom. The molecular formula is C47H28N4S. The van der Waals surface area contributed by atoms with Crippen LogP contribution < -0.4 is 0 Å². The highest BCUT2D eigenvalue weighted by Gasteiger charge is 2.21. The zero-order valence-electron chi connectivity index (χ0n) is 27.9. The molecule has 242 valence electrons. The van der Waals surface area contributed by atoms with Gasteiger partial charge in [0.2, 0.25) is 0 Å². The lowest BCUT2D eigenvalue weighted by molar-refractivity contribution is 1.18. The molecule has 0 bridgehead atoms. The molecule has 0 radical (unpaired) electrons. The maximum Gasteiger partial charge on any atom is 0.160 e. The standard InChI is InChI=1S/C47H28N4S/c1-2-11-29(12-3-1)30-20-22-31(23-21-30)43-44-38(17-10-28-48-44)49-47(50-43)32-24-26-33(27-25-32)51-39-18-8-6-15-36(39)42-45(51)35-14-5-4-13-34(35)41-37-16-7-9-19-40(37)52-46(41)42/h1-28H. The molecule has 4 nitrogen and oxygen atoms in total. The SMILES string of the molecule is c1ccc(-c2ccc(-c3nc(-c4ccc(-n5c6ccccc6c6c7sc8ccccc8c7c7ccccc7c65)cc4)nc4cccnc34)cc2)cc1. The maximum absolute atomic E-state index is 5.15. The lowest BCUT2D eigenvalue weighted by atomic mass is 10.00. The average molecular weight is 681 g/mol. The van der Waals surface area contributed by atoms with Crippen LogP contribution in [0.5, 0.6) is 0 Å². The van der Waals surface area contributed by atoms with E-state index in [0.717, 1.165) is 39.1 Å². The third-order valence-electron chi connectivity index (χ3n) is 10.3. The first-order valence-electron chi connectivity index (χ1n) is 17.4. The molecule has 4 heterocycles. The maximum atomic E-state index is 5.15.